The van der Waals surface area contributed by atoms with Gasteiger partial charge in [0.05, 0.1) is 30.5 Å². The molecular formula is C17H20F3N5O3. The van der Waals surface area contributed by atoms with Crippen molar-refractivity contribution >= 4 is 5.97 Å². The summed E-state index contributed by atoms with van der Waals surface area (Å²) in [7, 11) is 0. The Balaban J connectivity index is 0.000000345. The van der Waals surface area contributed by atoms with E-state index in [9.17, 15) is 13.2 Å². The molecular weight excluding hydrogens is 379 g/mol. The molecule has 8 nitrogen and oxygen atoms in total. The third-order valence-electron chi connectivity index (χ3n) is 4.10. The molecule has 2 aromatic rings. The van der Waals surface area contributed by atoms with Gasteiger partial charge in [-0.1, -0.05) is 0 Å². The Bertz CT molecular complexity index is 738. The maximum absolute atomic E-state index is 10.6. The van der Waals surface area contributed by atoms with Crippen LogP contribution in [0.5, 0.6) is 5.88 Å². The number of nitrogens with one attached hydrogen (secondary N) is 1. The fraction of sp³-hybridized carbons (Fsp3) is 0.471. The number of nitrogens with zero attached hydrogens (tertiary/aromatic N) is 4. The largest absolute Gasteiger partial charge is 0.490 e. The standard InChI is InChI=1S/C15H19N5O.C2HF3O2/c1-11(12-2-5-16-6-3-12)21-15-10-17-14(9-18-15)13-4-7-19-20-8-13;3-2(4,5)1(6)7/h4,7-12,16H,2-3,5-6H2,1H3;(H,6,7)/t11-;/m0./s1. The van der Waals surface area contributed by atoms with Crippen LogP contribution in [0.4, 0.5) is 13.2 Å². The van der Waals surface area contributed by atoms with Crippen LogP contribution in [0, 0.1) is 5.92 Å². The Labute approximate surface area is 159 Å². The number of alkyl halides is 3. The normalized spacial score (nSPS) is 15.9. The Kier molecular flexibility index (Phi) is 7.61. The van der Waals surface area contributed by atoms with Gasteiger partial charge in [0.15, 0.2) is 0 Å². The van der Waals surface area contributed by atoms with E-state index in [0.717, 1.165) is 37.2 Å². The molecule has 1 aliphatic heterocycles. The van der Waals surface area contributed by atoms with Gasteiger partial charge in [0.1, 0.15) is 6.10 Å². The number of carboxylic acids is 1. The van der Waals surface area contributed by atoms with Crippen LogP contribution in [0.2, 0.25) is 0 Å². The van der Waals surface area contributed by atoms with Gasteiger partial charge in [0.2, 0.25) is 5.88 Å². The van der Waals surface area contributed by atoms with Crippen molar-refractivity contribution in [1.29, 1.82) is 0 Å². The van der Waals surface area contributed by atoms with Crippen LogP contribution in [0.1, 0.15) is 19.8 Å². The van der Waals surface area contributed by atoms with Crippen LogP contribution in [-0.4, -0.2) is 56.6 Å². The second-order valence-electron chi connectivity index (χ2n) is 6.08. The lowest BCUT2D eigenvalue weighted by Crippen LogP contribution is -2.35. The van der Waals surface area contributed by atoms with Crippen LogP contribution in [0.3, 0.4) is 0 Å². The van der Waals surface area contributed by atoms with Crippen LogP contribution >= 0.6 is 0 Å². The second-order valence-corrected chi connectivity index (χ2v) is 6.08. The molecule has 3 rings (SSSR count). The zero-order valence-electron chi connectivity index (χ0n) is 15.1. The Morgan fingerprint density at radius 2 is 1.89 bits per heavy atom. The Morgan fingerprint density at radius 1 is 1.21 bits per heavy atom. The number of rotatable bonds is 4. The van der Waals surface area contributed by atoms with Gasteiger partial charge < -0.3 is 15.2 Å². The maximum atomic E-state index is 10.6. The lowest BCUT2D eigenvalue weighted by Gasteiger charge is -2.28. The molecule has 3 heterocycles. The highest BCUT2D eigenvalue weighted by atomic mass is 19.4. The number of aliphatic carboxylic acids is 1. The molecule has 0 saturated carbocycles. The smallest absolute Gasteiger partial charge is 0.475 e. The number of hydrogen-bond acceptors (Lipinski definition) is 7. The van der Waals surface area contributed by atoms with Crippen molar-refractivity contribution < 1.29 is 27.8 Å². The predicted octanol–water partition coefficient (Wildman–Crippen LogP) is 2.33. The molecule has 1 saturated heterocycles. The molecule has 0 aromatic carbocycles. The fourth-order valence-electron chi connectivity index (χ4n) is 2.57. The summed E-state index contributed by atoms with van der Waals surface area (Å²) in [5.41, 5.74) is 1.67. The predicted molar refractivity (Wildman–Crippen MR) is 92.4 cm³/mol. The highest BCUT2D eigenvalue weighted by Gasteiger charge is 2.38. The minimum Gasteiger partial charge on any atom is -0.475 e. The Morgan fingerprint density at radius 3 is 2.39 bits per heavy atom. The van der Waals surface area contributed by atoms with Gasteiger partial charge in [-0.15, -0.1) is 0 Å². The summed E-state index contributed by atoms with van der Waals surface area (Å²) in [4.78, 5) is 17.6. The highest BCUT2D eigenvalue weighted by Crippen LogP contribution is 2.21. The second kappa shape index (κ2) is 9.93. The van der Waals surface area contributed by atoms with E-state index in [2.05, 4.69) is 32.4 Å². The van der Waals surface area contributed by atoms with Gasteiger partial charge >= 0.3 is 12.1 Å². The summed E-state index contributed by atoms with van der Waals surface area (Å²) in [5, 5.41) is 18.1. The molecule has 1 fully saturated rings. The first-order chi connectivity index (χ1) is 13.3. The van der Waals surface area contributed by atoms with E-state index in [1.165, 1.54) is 0 Å². The lowest BCUT2D eigenvalue weighted by molar-refractivity contribution is -0.192. The number of halogens is 3. The molecule has 2 N–H and O–H groups in total. The summed E-state index contributed by atoms with van der Waals surface area (Å²) >= 11 is 0. The van der Waals surface area contributed by atoms with Crippen LogP contribution < -0.4 is 10.1 Å². The molecule has 28 heavy (non-hydrogen) atoms. The lowest BCUT2D eigenvalue weighted by atomic mass is 9.93. The number of carbonyl (C=O) groups is 1. The van der Waals surface area contributed by atoms with Gasteiger partial charge in [-0.3, -0.25) is 0 Å². The van der Waals surface area contributed by atoms with Crippen molar-refractivity contribution in [2.24, 2.45) is 5.92 Å². The summed E-state index contributed by atoms with van der Waals surface area (Å²) in [5.74, 6) is -1.60. The molecule has 1 atom stereocenters. The van der Waals surface area contributed by atoms with E-state index >= 15 is 0 Å². The average molecular weight is 399 g/mol. The molecule has 152 valence electrons. The van der Waals surface area contributed by atoms with E-state index in [4.69, 9.17) is 14.6 Å². The zero-order chi connectivity index (χ0) is 20.6. The fourth-order valence-corrected chi connectivity index (χ4v) is 2.57. The number of ether oxygens (including phenoxy) is 1. The third-order valence-corrected chi connectivity index (χ3v) is 4.10. The van der Waals surface area contributed by atoms with Crippen LogP contribution in [0.15, 0.2) is 30.9 Å². The van der Waals surface area contributed by atoms with E-state index < -0.39 is 12.1 Å². The first kappa shape index (κ1) is 21.5. The first-order valence-electron chi connectivity index (χ1n) is 8.54. The number of aromatic nitrogens is 4. The van der Waals surface area contributed by atoms with E-state index in [1.807, 2.05) is 6.07 Å². The van der Waals surface area contributed by atoms with Crippen molar-refractivity contribution in [2.45, 2.75) is 32.0 Å². The van der Waals surface area contributed by atoms with Gasteiger partial charge in [-0.25, -0.2) is 14.8 Å². The van der Waals surface area contributed by atoms with Crippen molar-refractivity contribution in [3.63, 3.8) is 0 Å². The molecule has 0 spiro atoms. The topological polar surface area (TPSA) is 110 Å². The molecule has 0 amide bonds. The summed E-state index contributed by atoms with van der Waals surface area (Å²) in [6.07, 6.45) is 4.07. The van der Waals surface area contributed by atoms with Crippen molar-refractivity contribution in [1.82, 2.24) is 25.5 Å². The minimum atomic E-state index is -5.08. The summed E-state index contributed by atoms with van der Waals surface area (Å²) in [6, 6.07) is 1.86. The maximum Gasteiger partial charge on any atom is 0.490 e. The molecule has 0 aliphatic carbocycles. The monoisotopic (exact) mass is 399 g/mol. The van der Waals surface area contributed by atoms with Gasteiger partial charge in [0.25, 0.3) is 0 Å². The van der Waals surface area contributed by atoms with E-state index in [1.54, 1.807) is 24.8 Å². The number of piperidine rings is 1. The molecule has 1 aliphatic rings. The zero-order valence-corrected chi connectivity index (χ0v) is 15.1. The highest BCUT2D eigenvalue weighted by molar-refractivity contribution is 5.73. The summed E-state index contributed by atoms with van der Waals surface area (Å²) in [6.45, 7) is 4.24. The van der Waals surface area contributed by atoms with Crippen molar-refractivity contribution in [3.8, 4) is 17.1 Å². The third kappa shape index (κ3) is 6.72. The van der Waals surface area contributed by atoms with Gasteiger partial charge in [-0.2, -0.15) is 23.4 Å². The molecule has 0 bridgehead atoms. The van der Waals surface area contributed by atoms with Crippen molar-refractivity contribution in [3.05, 3.63) is 30.9 Å². The first-order valence-corrected chi connectivity index (χ1v) is 8.54. The van der Waals surface area contributed by atoms with E-state index in [0.29, 0.717) is 11.8 Å². The van der Waals surface area contributed by atoms with Crippen molar-refractivity contribution in [2.75, 3.05) is 13.1 Å². The van der Waals surface area contributed by atoms with Crippen LogP contribution in [-0.2, 0) is 4.79 Å². The molecule has 0 radical (unpaired) electrons. The number of hydrogen-bond donors (Lipinski definition) is 2. The molecule has 2 aromatic heterocycles. The average Bonchev–Trinajstić information content (AvgIpc) is 2.69. The van der Waals surface area contributed by atoms with E-state index in [-0.39, 0.29) is 6.10 Å². The Hall–Kier alpha value is -2.82. The molecule has 0 unspecified atom stereocenters. The number of carboxylic acid groups (broad SMARTS) is 1. The van der Waals surface area contributed by atoms with Gasteiger partial charge in [0, 0.05) is 5.56 Å². The molecule has 11 heteroatoms. The minimum absolute atomic E-state index is 0.162. The summed E-state index contributed by atoms with van der Waals surface area (Å²) < 4.78 is 37.7. The SMILES string of the molecule is C[C@H](Oc1cnc(-c2ccnnc2)cn1)C1CCNCC1.O=C(O)C(F)(F)F. The quantitative estimate of drug-likeness (QED) is 0.806. The van der Waals surface area contributed by atoms with Crippen LogP contribution in [0.25, 0.3) is 11.3 Å². The van der Waals surface area contributed by atoms with Gasteiger partial charge in [-0.05, 0) is 44.8 Å².